The zero-order valence-electron chi connectivity index (χ0n) is 15.0. The molecule has 0 aromatic rings. The second-order valence-corrected chi connectivity index (χ2v) is 6.37. The van der Waals surface area contributed by atoms with Crippen LogP contribution in [0.5, 0.6) is 0 Å². The van der Waals surface area contributed by atoms with E-state index in [1.807, 2.05) is 12.2 Å². The molecule has 138 valence electrons. The highest BCUT2D eigenvalue weighted by Crippen LogP contribution is 2.32. The number of allylic oxidation sites excluding steroid dienone is 2. The number of ether oxygens (including phenoxy) is 3. The summed E-state index contributed by atoms with van der Waals surface area (Å²) in [7, 11) is 5.17. The molecule has 1 heterocycles. The zero-order chi connectivity index (χ0) is 17.8. The van der Waals surface area contributed by atoms with Crippen molar-refractivity contribution in [2.24, 2.45) is 0 Å². The van der Waals surface area contributed by atoms with Gasteiger partial charge in [-0.2, -0.15) is 0 Å². The Hall–Kier alpha value is -1.57. The molecule has 3 rings (SSSR count). The van der Waals surface area contributed by atoms with Crippen LogP contribution in [0.25, 0.3) is 0 Å². The van der Waals surface area contributed by atoms with Gasteiger partial charge in [-0.15, -0.1) is 0 Å². The standard InChI is InChI=1S/C18H26N2O4S/c1-21-13-6-4-7-14(22-2)17(13)19-10-11-20(12-19)18-15(23-3)8-5-9-16(18)24-25/h4-6,9,14-15,25H,7-8,10-12H2,1-3H3. The van der Waals surface area contributed by atoms with Gasteiger partial charge in [0, 0.05) is 40.2 Å². The van der Waals surface area contributed by atoms with E-state index in [0.29, 0.717) is 0 Å². The molecule has 0 N–H and O–H groups in total. The SMILES string of the molecule is COC1=C(N2CCN(C3=C(OS)C=CCC3OC)C2)C(OC)CC=C1. The maximum absolute atomic E-state index is 5.68. The van der Waals surface area contributed by atoms with E-state index in [0.717, 1.165) is 55.5 Å². The Balaban J connectivity index is 1.85. The molecule has 7 heteroatoms. The maximum Gasteiger partial charge on any atom is 0.158 e. The van der Waals surface area contributed by atoms with Gasteiger partial charge in [0.1, 0.15) is 18.0 Å². The molecule has 2 atom stereocenters. The molecule has 0 spiro atoms. The number of methoxy groups -OCH3 is 3. The quantitative estimate of drug-likeness (QED) is 0.575. The summed E-state index contributed by atoms with van der Waals surface area (Å²) >= 11 is 4.01. The van der Waals surface area contributed by atoms with E-state index in [1.165, 1.54) is 0 Å². The van der Waals surface area contributed by atoms with E-state index in [2.05, 4.69) is 34.9 Å². The minimum absolute atomic E-state index is 0.0129. The van der Waals surface area contributed by atoms with Crippen LogP contribution >= 0.6 is 12.9 Å². The number of nitrogens with zero attached hydrogens (tertiary/aromatic N) is 2. The third kappa shape index (κ3) is 3.54. The largest absolute Gasteiger partial charge is 0.495 e. The first-order chi connectivity index (χ1) is 12.2. The molecule has 0 radical (unpaired) electrons. The van der Waals surface area contributed by atoms with E-state index >= 15 is 0 Å². The summed E-state index contributed by atoms with van der Waals surface area (Å²) < 4.78 is 22.2. The minimum atomic E-state index is -0.0209. The van der Waals surface area contributed by atoms with Crippen molar-refractivity contribution in [1.82, 2.24) is 9.80 Å². The fourth-order valence-electron chi connectivity index (χ4n) is 3.68. The molecule has 1 saturated heterocycles. The summed E-state index contributed by atoms with van der Waals surface area (Å²) in [5.74, 6) is 1.61. The third-order valence-electron chi connectivity index (χ3n) is 4.90. The van der Waals surface area contributed by atoms with Crippen LogP contribution in [0.15, 0.2) is 47.2 Å². The van der Waals surface area contributed by atoms with Crippen molar-refractivity contribution in [1.29, 1.82) is 0 Å². The van der Waals surface area contributed by atoms with Gasteiger partial charge < -0.3 is 28.2 Å². The van der Waals surface area contributed by atoms with E-state index in [9.17, 15) is 0 Å². The lowest BCUT2D eigenvalue weighted by atomic mass is 10.0. The summed E-state index contributed by atoms with van der Waals surface area (Å²) in [6.07, 6.45) is 9.80. The van der Waals surface area contributed by atoms with Gasteiger partial charge in [-0.1, -0.05) is 12.2 Å². The average Bonchev–Trinajstić information content (AvgIpc) is 3.15. The highest BCUT2D eigenvalue weighted by molar-refractivity contribution is 7.75. The molecule has 1 aliphatic heterocycles. The Labute approximate surface area is 155 Å². The molecular weight excluding hydrogens is 340 g/mol. The predicted molar refractivity (Wildman–Crippen MR) is 98.5 cm³/mol. The van der Waals surface area contributed by atoms with E-state index in [1.54, 1.807) is 21.3 Å². The van der Waals surface area contributed by atoms with Crippen LogP contribution < -0.4 is 0 Å². The third-order valence-corrected chi connectivity index (χ3v) is 5.10. The second kappa shape index (κ2) is 8.21. The van der Waals surface area contributed by atoms with Crippen molar-refractivity contribution in [2.75, 3.05) is 41.1 Å². The zero-order valence-corrected chi connectivity index (χ0v) is 15.9. The Bertz CT molecular complexity index is 562. The summed E-state index contributed by atoms with van der Waals surface area (Å²) in [4.78, 5) is 4.60. The Kier molecular flexibility index (Phi) is 5.98. The lowest BCUT2D eigenvalue weighted by Gasteiger charge is -2.33. The van der Waals surface area contributed by atoms with Crippen LogP contribution in [0.1, 0.15) is 12.8 Å². The van der Waals surface area contributed by atoms with Crippen LogP contribution in [-0.2, 0) is 18.4 Å². The average molecular weight is 366 g/mol. The molecule has 0 saturated carbocycles. The Morgan fingerprint density at radius 2 is 1.40 bits per heavy atom. The molecule has 25 heavy (non-hydrogen) atoms. The van der Waals surface area contributed by atoms with Crippen molar-refractivity contribution in [2.45, 2.75) is 25.0 Å². The van der Waals surface area contributed by atoms with E-state index in [4.69, 9.17) is 18.4 Å². The van der Waals surface area contributed by atoms with Crippen molar-refractivity contribution in [3.05, 3.63) is 47.2 Å². The first kappa shape index (κ1) is 18.2. The maximum atomic E-state index is 5.68. The molecule has 3 aliphatic rings. The van der Waals surface area contributed by atoms with Gasteiger partial charge in [0.15, 0.2) is 5.76 Å². The molecule has 0 aromatic heterocycles. The van der Waals surface area contributed by atoms with E-state index in [-0.39, 0.29) is 12.2 Å². The lowest BCUT2D eigenvalue weighted by molar-refractivity contribution is 0.0847. The van der Waals surface area contributed by atoms with Gasteiger partial charge in [0.05, 0.1) is 25.2 Å². The van der Waals surface area contributed by atoms with Crippen molar-refractivity contribution in [3.8, 4) is 0 Å². The van der Waals surface area contributed by atoms with Crippen LogP contribution in [0.4, 0.5) is 0 Å². The predicted octanol–water partition coefficient (Wildman–Crippen LogP) is 2.44. The number of hydrogen-bond donors (Lipinski definition) is 1. The molecule has 0 amide bonds. The van der Waals surface area contributed by atoms with Gasteiger partial charge in [-0.3, -0.25) is 0 Å². The van der Waals surface area contributed by atoms with Gasteiger partial charge in [-0.25, -0.2) is 0 Å². The Morgan fingerprint density at radius 3 is 1.88 bits per heavy atom. The van der Waals surface area contributed by atoms with Gasteiger partial charge >= 0.3 is 0 Å². The van der Waals surface area contributed by atoms with Crippen LogP contribution in [-0.4, -0.2) is 63.1 Å². The summed E-state index contributed by atoms with van der Waals surface area (Å²) in [5, 5.41) is 0. The molecule has 0 aromatic carbocycles. The summed E-state index contributed by atoms with van der Waals surface area (Å²) in [5.41, 5.74) is 2.15. The summed E-state index contributed by atoms with van der Waals surface area (Å²) in [6, 6.07) is 0. The first-order valence-corrected chi connectivity index (χ1v) is 8.82. The fourth-order valence-corrected chi connectivity index (χ4v) is 3.83. The number of hydrogen-bond acceptors (Lipinski definition) is 7. The molecule has 0 bridgehead atoms. The van der Waals surface area contributed by atoms with Crippen LogP contribution in [0.2, 0.25) is 0 Å². The highest BCUT2D eigenvalue weighted by Gasteiger charge is 2.35. The second-order valence-electron chi connectivity index (χ2n) is 6.19. The molecule has 1 fully saturated rings. The molecular formula is C18H26N2O4S. The topological polar surface area (TPSA) is 43.4 Å². The van der Waals surface area contributed by atoms with Crippen LogP contribution in [0, 0.1) is 0 Å². The van der Waals surface area contributed by atoms with Crippen molar-refractivity contribution in [3.63, 3.8) is 0 Å². The van der Waals surface area contributed by atoms with Crippen molar-refractivity contribution < 1.29 is 18.4 Å². The number of thiol groups is 1. The fraction of sp³-hybridized carbons (Fsp3) is 0.556. The highest BCUT2D eigenvalue weighted by atomic mass is 32.1. The van der Waals surface area contributed by atoms with Crippen molar-refractivity contribution >= 4 is 12.9 Å². The van der Waals surface area contributed by atoms with E-state index < -0.39 is 0 Å². The van der Waals surface area contributed by atoms with Gasteiger partial charge in [0.25, 0.3) is 0 Å². The van der Waals surface area contributed by atoms with Gasteiger partial charge in [0.2, 0.25) is 0 Å². The summed E-state index contributed by atoms with van der Waals surface area (Å²) in [6.45, 7) is 2.50. The minimum Gasteiger partial charge on any atom is -0.495 e. The Morgan fingerprint density at radius 1 is 0.880 bits per heavy atom. The van der Waals surface area contributed by atoms with Gasteiger partial charge in [-0.05, 0) is 25.0 Å². The smallest absolute Gasteiger partial charge is 0.158 e. The lowest BCUT2D eigenvalue weighted by Crippen LogP contribution is -2.36. The normalized spacial score (nSPS) is 26.7. The van der Waals surface area contributed by atoms with Crippen LogP contribution in [0.3, 0.4) is 0 Å². The number of rotatable bonds is 6. The molecule has 2 unspecified atom stereocenters. The first-order valence-electron chi connectivity index (χ1n) is 8.45. The molecule has 2 aliphatic carbocycles. The monoisotopic (exact) mass is 366 g/mol. The molecule has 6 nitrogen and oxygen atoms in total.